The highest BCUT2D eigenvalue weighted by Crippen LogP contribution is 2.25. The van der Waals surface area contributed by atoms with E-state index in [1.807, 2.05) is 62.4 Å². The number of rotatable bonds is 4. The van der Waals surface area contributed by atoms with E-state index in [1.54, 1.807) is 21.4 Å². The summed E-state index contributed by atoms with van der Waals surface area (Å²) < 4.78 is 3.50. The fourth-order valence-corrected chi connectivity index (χ4v) is 4.68. The zero-order valence-electron chi connectivity index (χ0n) is 20.0. The lowest BCUT2D eigenvalue weighted by Crippen LogP contribution is -2.38. The van der Waals surface area contributed by atoms with Crippen LogP contribution in [0.2, 0.25) is 0 Å². The molecule has 6 rings (SSSR count). The number of benzene rings is 2. The predicted molar refractivity (Wildman–Crippen MR) is 138 cm³/mol. The van der Waals surface area contributed by atoms with Crippen LogP contribution in [0.4, 0.5) is 5.82 Å². The minimum absolute atomic E-state index is 0.0756. The van der Waals surface area contributed by atoms with Crippen LogP contribution in [0.3, 0.4) is 0 Å². The molecule has 11 heteroatoms. The molecular formula is C25H24N10O. The normalized spacial score (nSPS) is 13.7. The molecule has 0 spiro atoms. The van der Waals surface area contributed by atoms with Gasteiger partial charge in [-0.3, -0.25) is 14.8 Å². The van der Waals surface area contributed by atoms with Crippen molar-refractivity contribution in [1.29, 1.82) is 0 Å². The minimum Gasteiger partial charge on any atom is -0.383 e. The number of nitrogens with two attached hydrogens (primary N) is 1. The van der Waals surface area contributed by atoms with Crippen LogP contribution in [0.15, 0.2) is 64.8 Å². The van der Waals surface area contributed by atoms with Crippen LogP contribution in [-0.4, -0.2) is 42.3 Å². The fourth-order valence-electron chi connectivity index (χ4n) is 4.68. The number of hydrazone groups is 1. The number of amidine groups is 1. The molecule has 4 heterocycles. The average molecular weight is 481 g/mol. The van der Waals surface area contributed by atoms with Gasteiger partial charge in [0.25, 0.3) is 5.56 Å². The molecular weight excluding hydrogens is 456 g/mol. The van der Waals surface area contributed by atoms with Gasteiger partial charge in [0.05, 0.1) is 23.0 Å². The molecule has 0 unspecified atom stereocenters. The molecule has 11 nitrogen and oxygen atoms in total. The molecule has 1 aliphatic rings. The van der Waals surface area contributed by atoms with Gasteiger partial charge in [0.15, 0.2) is 11.5 Å². The number of anilines is 1. The molecule has 0 aliphatic carbocycles. The summed E-state index contributed by atoms with van der Waals surface area (Å²) in [6.45, 7) is 4.23. The Labute approximate surface area is 205 Å². The van der Waals surface area contributed by atoms with Gasteiger partial charge < -0.3 is 5.73 Å². The van der Waals surface area contributed by atoms with Crippen LogP contribution in [0, 0.1) is 13.8 Å². The Morgan fingerprint density at radius 3 is 2.58 bits per heavy atom. The second kappa shape index (κ2) is 8.17. The minimum atomic E-state index is -0.0756. The van der Waals surface area contributed by atoms with Crippen molar-refractivity contribution in [2.45, 2.75) is 20.4 Å². The SMILES string of the molecule is Cc1ccccc1-n1c(Cn2nc(C3=NNN(C)N3)c3c(N)ncnc32)cc2cccc(C)c2c1=O. The Bertz CT molecular complexity index is 1750. The molecule has 0 saturated carbocycles. The lowest BCUT2D eigenvalue weighted by atomic mass is 10.1. The standard InChI is InChI=1S/C25H24N10O/c1-14-7-4-5-10-18(14)35-17(11-16-9-6-8-15(2)19(16)25(35)36)12-34-24-20(22(26)27-13-28-24)21(30-34)23-29-32-33(3)31-23/h4-11,13,32H,12H2,1-3H3,(H,29,31)(H2,26,27,28). The van der Waals surface area contributed by atoms with Crippen LogP contribution in [0.25, 0.3) is 27.5 Å². The Kier molecular flexibility index (Phi) is 4.93. The molecule has 0 amide bonds. The summed E-state index contributed by atoms with van der Waals surface area (Å²) in [6.07, 6.45) is 1.41. The van der Waals surface area contributed by atoms with Gasteiger partial charge in [-0.25, -0.2) is 20.2 Å². The van der Waals surface area contributed by atoms with Crippen molar-refractivity contribution in [2.24, 2.45) is 5.10 Å². The molecule has 0 fully saturated rings. The number of aryl methyl sites for hydroxylation is 2. The number of nitrogens with zero attached hydrogens (tertiary/aromatic N) is 7. The summed E-state index contributed by atoms with van der Waals surface area (Å²) in [6, 6.07) is 15.8. The first-order valence-electron chi connectivity index (χ1n) is 11.4. The van der Waals surface area contributed by atoms with Gasteiger partial charge in [0.1, 0.15) is 17.8 Å². The lowest BCUT2D eigenvalue weighted by molar-refractivity contribution is 0.231. The van der Waals surface area contributed by atoms with Gasteiger partial charge in [-0.2, -0.15) is 5.10 Å². The van der Waals surface area contributed by atoms with E-state index in [9.17, 15) is 4.79 Å². The first-order chi connectivity index (χ1) is 17.4. The highest BCUT2D eigenvalue weighted by molar-refractivity contribution is 6.10. The van der Waals surface area contributed by atoms with Crippen LogP contribution >= 0.6 is 0 Å². The van der Waals surface area contributed by atoms with Crippen LogP contribution in [-0.2, 0) is 6.54 Å². The van der Waals surface area contributed by atoms with Gasteiger partial charge in [0.2, 0.25) is 0 Å². The Morgan fingerprint density at radius 2 is 1.81 bits per heavy atom. The highest BCUT2D eigenvalue weighted by Gasteiger charge is 2.24. The number of para-hydroxylation sites is 1. The van der Waals surface area contributed by atoms with Crippen molar-refractivity contribution in [3.8, 4) is 5.69 Å². The van der Waals surface area contributed by atoms with Gasteiger partial charge in [0, 0.05) is 12.7 Å². The fraction of sp³-hybridized carbons (Fsp3) is 0.160. The number of aromatic nitrogens is 5. The maximum atomic E-state index is 13.9. The third-order valence-electron chi connectivity index (χ3n) is 6.37. The summed E-state index contributed by atoms with van der Waals surface area (Å²) in [4.78, 5) is 22.6. The molecule has 1 aliphatic heterocycles. The molecule has 180 valence electrons. The first-order valence-corrected chi connectivity index (χ1v) is 11.4. The molecule has 3 aromatic heterocycles. The van der Waals surface area contributed by atoms with Crippen molar-refractivity contribution < 1.29 is 0 Å². The molecule has 0 saturated heterocycles. The van der Waals surface area contributed by atoms with Crippen LogP contribution in [0.5, 0.6) is 0 Å². The number of pyridine rings is 1. The third-order valence-corrected chi connectivity index (χ3v) is 6.37. The molecule has 36 heavy (non-hydrogen) atoms. The quantitative estimate of drug-likeness (QED) is 0.356. The molecule has 0 bridgehead atoms. The van der Waals surface area contributed by atoms with Gasteiger partial charge in [-0.05, 0) is 42.5 Å². The largest absolute Gasteiger partial charge is 0.383 e. The van der Waals surface area contributed by atoms with E-state index < -0.39 is 0 Å². The van der Waals surface area contributed by atoms with Crippen molar-refractivity contribution >= 4 is 33.5 Å². The van der Waals surface area contributed by atoms with Gasteiger partial charge in [-0.1, -0.05) is 36.4 Å². The zero-order chi connectivity index (χ0) is 25.0. The summed E-state index contributed by atoms with van der Waals surface area (Å²) in [5, 5.41) is 12.8. The number of hydrogen-bond acceptors (Lipinski definition) is 9. The topological polar surface area (TPSA) is 131 Å². The molecule has 2 aromatic carbocycles. The summed E-state index contributed by atoms with van der Waals surface area (Å²) >= 11 is 0. The lowest BCUT2D eigenvalue weighted by Gasteiger charge is -2.17. The van der Waals surface area contributed by atoms with Gasteiger partial charge >= 0.3 is 0 Å². The number of hydrogen-bond donors (Lipinski definition) is 3. The average Bonchev–Trinajstić information content (AvgIpc) is 3.44. The van der Waals surface area contributed by atoms with Crippen LogP contribution in [0.1, 0.15) is 22.5 Å². The monoisotopic (exact) mass is 480 g/mol. The van der Waals surface area contributed by atoms with E-state index >= 15 is 0 Å². The Balaban J connectivity index is 1.60. The zero-order valence-corrected chi connectivity index (χ0v) is 20.0. The van der Waals surface area contributed by atoms with E-state index in [0.717, 1.165) is 27.9 Å². The predicted octanol–water partition coefficient (Wildman–Crippen LogP) is 1.99. The van der Waals surface area contributed by atoms with Crippen LogP contribution < -0.4 is 22.3 Å². The molecule has 0 atom stereocenters. The van der Waals surface area contributed by atoms with E-state index in [4.69, 9.17) is 10.8 Å². The van der Waals surface area contributed by atoms with E-state index in [1.165, 1.54) is 6.33 Å². The number of nitrogens with one attached hydrogen (secondary N) is 2. The summed E-state index contributed by atoms with van der Waals surface area (Å²) in [7, 11) is 1.79. The maximum absolute atomic E-state index is 13.9. The maximum Gasteiger partial charge on any atom is 0.263 e. The third kappa shape index (κ3) is 3.36. The Hall–Kier alpha value is -4.77. The summed E-state index contributed by atoms with van der Waals surface area (Å²) in [5.74, 6) is 0.791. The number of fused-ring (bicyclic) bond motifs is 2. The molecule has 5 aromatic rings. The van der Waals surface area contributed by atoms with Crippen molar-refractivity contribution in [2.75, 3.05) is 12.8 Å². The number of nitrogen functional groups attached to an aromatic ring is 1. The molecule has 4 N–H and O–H groups in total. The van der Waals surface area contributed by atoms with Crippen molar-refractivity contribution in [3.63, 3.8) is 0 Å². The number of hydrazine groups is 2. The molecule has 0 radical (unpaired) electrons. The van der Waals surface area contributed by atoms with Gasteiger partial charge in [-0.15, -0.1) is 10.2 Å². The second-order valence-corrected chi connectivity index (χ2v) is 8.80. The van der Waals surface area contributed by atoms with E-state index in [2.05, 4.69) is 26.0 Å². The highest BCUT2D eigenvalue weighted by atomic mass is 16.1. The smallest absolute Gasteiger partial charge is 0.263 e. The van der Waals surface area contributed by atoms with Crippen molar-refractivity contribution in [3.05, 3.63) is 87.7 Å². The summed E-state index contributed by atoms with van der Waals surface area (Å²) in [5.41, 5.74) is 16.6. The van der Waals surface area contributed by atoms with E-state index in [-0.39, 0.29) is 12.1 Å². The van der Waals surface area contributed by atoms with E-state index in [0.29, 0.717) is 33.8 Å². The first kappa shape index (κ1) is 21.7. The second-order valence-electron chi connectivity index (χ2n) is 8.80. The van der Waals surface area contributed by atoms with Crippen molar-refractivity contribution in [1.82, 2.24) is 40.4 Å². The Morgan fingerprint density at radius 1 is 1.00 bits per heavy atom.